The number of pyridine rings is 1. The highest BCUT2D eigenvalue weighted by molar-refractivity contribution is 6.31. The number of carbonyl (C=O) groups excluding carboxylic acids is 1. The van der Waals surface area contributed by atoms with Crippen molar-refractivity contribution in [3.05, 3.63) is 82.5 Å². The molecule has 0 bridgehead atoms. The molecule has 2 aromatic carbocycles. The number of aliphatic carboxylic acids is 1. The molecule has 0 saturated heterocycles. The highest BCUT2D eigenvalue weighted by Crippen LogP contribution is 2.29. The maximum atomic E-state index is 12.9. The molecule has 0 spiro atoms. The smallest absolute Gasteiger partial charge is 0.305 e. The predicted octanol–water partition coefficient (Wildman–Crippen LogP) is 4.66. The number of methoxy groups -OCH3 is 1. The number of rotatable bonds is 7. The minimum absolute atomic E-state index is 0.148. The van der Waals surface area contributed by atoms with Crippen LogP contribution >= 0.6 is 11.6 Å². The van der Waals surface area contributed by atoms with Gasteiger partial charge in [-0.15, -0.1) is 0 Å². The molecule has 30 heavy (non-hydrogen) atoms. The number of carbonyl (C=O) groups is 2. The van der Waals surface area contributed by atoms with Gasteiger partial charge in [0.15, 0.2) is 0 Å². The molecule has 0 saturated carbocycles. The van der Waals surface area contributed by atoms with E-state index in [2.05, 4.69) is 10.3 Å². The van der Waals surface area contributed by atoms with E-state index in [1.807, 2.05) is 31.2 Å². The van der Waals surface area contributed by atoms with Crippen LogP contribution < -0.4 is 10.1 Å². The summed E-state index contributed by atoms with van der Waals surface area (Å²) in [5.41, 5.74) is 3.07. The fourth-order valence-corrected chi connectivity index (χ4v) is 3.41. The number of aromatic nitrogens is 1. The Hall–Kier alpha value is -3.38. The first-order valence-corrected chi connectivity index (χ1v) is 9.66. The van der Waals surface area contributed by atoms with Crippen LogP contribution in [0.25, 0.3) is 11.3 Å². The largest absolute Gasteiger partial charge is 0.494 e. The molecule has 0 radical (unpaired) electrons. The van der Waals surface area contributed by atoms with E-state index in [0.29, 0.717) is 22.0 Å². The second-order valence-corrected chi connectivity index (χ2v) is 7.17. The van der Waals surface area contributed by atoms with E-state index in [4.69, 9.17) is 16.3 Å². The van der Waals surface area contributed by atoms with Crippen molar-refractivity contribution in [2.75, 3.05) is 7.11 Å². The van der Waals surface area contributed by atoms with Gasteiger partial charge in [-0.05, 0) is 36.8 Å². The van der Waals surface area contributed by atoms with E-state index < -0.39 is 17.9 Å². The maximum absolute atomic E-state index is 12.9. The number of amides is 1. The Labute approximate surface area is 179 Å². The lowest BCUT2D eigenvalue weighted by atomic mass is 10.0. The highest BCUT2D eigenvalue weighted by atomic mass is 35.5. The maximum Gasteiger partial charge on any atom is 0.305 e. The number of ether oxygens (including phenoxy) is 1. The molecule has 1 aromatic heterocycles. The monoisotopic (exact) mass is 424 g/mol. The predicted molar refractivity (Wildman–Crippen MR) is 115 cm³/mol. The van der Waals surface area contributed by atoms with Crippen molar-refractivity contribution in [1.82, 2.24) is 10.3 Å². The molecule has 3 rings (SSSR count). The molecule has 6 nitrogen and oxygen atoms in total. The number of nitrogens with zero attached hydrogens (tertiary/aromatic N) is 1. The first kappa shape index (κ1) is 21.3. The van der Waals surface area contributed by atoms with Crippen LogP contribution in [0.5, 0.6) is 5.75 Å². The number of nitrogens with one attached hydrogen (secondary N) is 1. The van der Waals surface area contributed by atoms with Crippen LogP contribution in [0.2, 0.25) is 5.02 Å². The Morgan fingerprint density at radius 2 is 1.90 bits per heavy atom. The summed E-state index contributed by atoms with van der Waals surface area (Å²) in [5, 5.41) is 12.4. The second kappa shape index (κ2) is 9.41. The van der Waals surface area contributed by atoms with Crippen LogP contribution in [-0.2, 0) is 4.79 Å². The molecule has 0 aliphatic heterocycles. The molecular formula is C23H21ClN2O4. The summed E-state index contributed by atoms with van der Waals surface area (Å²) in [6.45, 7) is 1.96. The van der Waals surface area contributed by atoms with Crippen molar-refractivity contribution < 1.29 is 19.4 Å². The second-order valence-electron chi connectivity index (χ2n) is 6.76. The van der Waals surface area contributed by atoms with Gasteiger partial charge in [0.25, 0.3) is 5.91 Å². The van der Waals surface area contributed by atoms with Crippen LogP contribution in [0.15, 0.2) is 60.7 Å². The van der Waals surface area contributed by atoms with Crippen LogP contribution in [0.3, 0.4) is 0 Å². The topological polar surface area (TPSA) is 88.5 Å². The lowest BCUT2D eigenvalue weighted by Gasteiger charge is -2.19. The zero-order valence-electron chi connectivity index (χ0n) is 16.6. The third kappa shape index (κ3) is 4.96. The Balaban J connectivity index is 1.94. The van der Waals surface area contributed by atoms with Crippen LogP contribution in [0, 0.1) is 6.92 Å². The van der Waals surface area contributed by atoms with Gasteiger partial charge in [0.05, 0.1) is 19.6 Å². The first-order chi connectivity index (χ1) is 14.4. The van der Waals surface area contributed by atoms with Gasteiger partial charge in [-0.3, -0.25) is 9.59 Å². The summed E-state index contributed by atoms with van der Waals surface area (Å²) in [5.74, 6) is -1.02. The Kier molecular flexibility index (Phi) is 6.69. The summed E-state index contributed by atoms with van der Waals surface area (Å²) >= 11 is 6.22. The number of hydrogen-bond donors (Lipinski definition) is 2. The number of aryl methyl sites for hydroxylation is 1. The molecule has 3 aromatic rings. The summed E-state index contributed by atoms with van der Waals surface area (Å²) < 4.78 is 5.40. The van der Waals surface area contributed by atoms with E-state index in [1.54, 1.807) is 30.3 Å². The van der Waals surface area contributed by atoms with Crippen molar-refractivity contribution in [3.63, 3.8) is 0 Å². The average molecular weight is 425 g/mol. The Bertz CT molecular complexity index is 1080. The normalized spacial score (nSPS) is 11.6. The molecule has 1 unspecified atom stereocenters. The zero-order valence-corrected chi connectivity index (χ0v) is 17.3. The lowest BCUT2D eigenvalue weighted by molar-refractivity contribution is -0.137. The first-order valence-electron chi connectivity index (χ1n) is 9.28. The number of halogens is 1. The highest BCUT2D eigenvalue weighted by Gasteiger charge is 2.22. The van der Waals surface area contributed by atoms with Gasteiger partial charge in [0.1, 0.15) is 17.1 Å². The molecule has 1 heterocycles. The van der Waals surface area contributed by atoms with Crippen molar-refractivity contribution >= 4 is 23.5 Å². The fraction of sp³-hybridized carbons (Fsp3) is 0.174. The van der Waals surface area contributed by atoms with Gasteiger partial charge in [0.2, 0.25) is 0 Å². The molecule has 0 fully saturated rings. The molecule has 0 aliphatic carbocycles. The number of carboxylic acid groups (broad SMARTS) is 1. The van der Waals surface area contributed by atoms with Gasteiger partial charge in [0, 0.05) is 10.6 Å². The standard InChI is InChI=1S/C23H21ClN2O4/c1-14-6-5-7-15(12-14)22-20(30-2)11-10-18(25-22)23(29)26-19(13-21(27)28)16-8-3-4-9-17(16)24/h3-12,19H,13H2,1-2H3,(H,26,29)(H,27,28). The van der Waals surface area contributed by atoms with Gasteiger partial charge >= 0.3 is 5.97 Å². The van der Waals surface area contributed by atoms with Crippen molar-refractivity contribution in [3.8, 4) is 17.0 Å². The third-order valence-corrected chi connectivity index (χ3v) is 4.91. The SMILES string of the molecule is COc1ccc(C(=O)NC(CC(=O)O)c2ccccc2Cl)nc1-c1cccc(C)c1. The molecule has 1 amide bonds. The molecule has 154 valence electrons. The van der Waals surface area contributed by atoms with E-state index in [-0.39, 0.29) is 12.1 Å². The summed E-state index contributed by atoms with van der Waals surface area (Å²) in [4.78, 5) is 28.7. The molecule has 7 heteroatoms. The summed E-state index contributed by atoms with van der Waals surface area (Å²) in [6, 6.07) is 16.9. The van der Waals surface area contributed by atoms with Crippen molar-refractivity contribution in [1.29, 1.82) is 0 Å². The summed E-state index contributed by atoms with van der Waals surface area (Å²) in [7, 11) is 1.54. The van der Waals surface area contributed by atoms with Gasteiger partial charge in [-0.2, -0.15) is 0 Å². The number of benzene rings is 2. The zero-order chi connectivity index (χ0) is 21.7. The van der Waals surface area contributed by atoms with E-state index in [9.17, 15) is 14.7 Å². The molecule has 0 aliphatic rings. The van der Waals surface area contributed by atoms with Crippen molar-refractivity contribution in [2.24, 2.45) is 0 Å². The lowest BCUT2D eigenvalue weighted by Crippen LogP contribution is -2.31. The van der Waals surface area contributed by atoms with E-state index in [0.717, 1.165) is 11.1 Å². The van der Waals surface area contributed by atoms with E-state index in [1.165, 1.54) is 13.2 Å². The Morgan fingerprint density at radius 1 is 1.13 bits per heavy atom. The Morgan fingerprint density at radius 3 is 2.57 bits per heavy atom. The minimum atomic E-state index is -1.05. The van der Waals surface area contributed by atoms with Crippen molar-refractivity contribution in [2.45, 2.75) is 19.4 Å². The van der Waals surface area contributed by atoms with Gasteiger partial charge < -0.3 is 15.2 Å². The van der Waals surface area contributed by atoms with E-state index >= 15 is 0 Å². The quantitative estimate of drug-likeness (QED) is 0.575. The van der Waals surface area contributed by atoms with Crippen LogP contribution in [0.4, 0.5) is 0 Å². The van der Waals surface area contributed by atoms with Gasteiger partial charge in [-0.1, -0.05) is 53.6 Å². The van der Waals surface area contributed by atoms with Gasteiger partial charge in [-0.25, -0.2) is 4.98 Å². The average Bonchev–Trinajstić information content (AvgIpc) is 2.72. The molecular weight excluding hydrogens is 404 g/mol. The van der Waals surface area contributed by atoms with Crippen LogP contribution in [0.1, 0.15) is 34.1 Å². The minimum Gasteiger partial charge on any atom is -0.494 e. The number of hydrogen-bond acceptors (Lipinski definition) is 4. The fourth-order valence-electron chi connectivity index (χ4n) is 3.14. The number of carboxylic acids is 1. The third-order valence-electron chi connectivity index (χ3n) is 4.57. The van der Waals surface area contributed by atoms with Crippen LogP contribution in [-0.4, -0.2) is 29.1 Å². The molecule has 1 atom stereocenters. The summed E-state index contributed by atoms with van der Waals surface area (Å²) in [6.07, 6.45) is -0.309. The molecule has 2 N–H and O–H groups in total.